The molecule has 0 saturated heterocycles. The van der Waals surface area contributed by atoms with Gasteiger partial charge in [-0.05, 0) is 60.2 Å². The van der Waals surface area contributed by atoms with Gasteiger partial charge in [0.1, 0.15) is 5.25 Å². The number of H-pyrrole nitrogens is 1. The van der Waals surface area contributed by atoms with E-state index in [0.29, 0.717) is 0 Å². The van der Waals surface area contributed by atoms with E-state index in [4.69, 9.17) is 0 Å². The Balaban J connectivity index is 1.37. The smallest absolute Gasteiger partial charge is 0.242 e. The standard InChI is InChI=1S/C26H23N3O2S/c30-25(19-9-10-19)28-20-7-4-8-22(15-20)32-24(18-5-2-1-3-6-18)26(31)29-21-12-11-17-13-14-27-23(17)16-21/h1-8,11-16,19,24,27H,9-10H2,(H,28,30)(H,29,31). The van der Waals surface area contributed by atoms with E-state index in [1.165, 1.54) is 11.8 Å². The molecule has 1 atom stereocenters. The third kappa shape index (κ3) is 4.70. The van der Waals surface area contributed by atoms with Gasteiger partial charge in [-0.15, -0.1) is 11.8 Å². The Labute approximate surface area is 190 Å². The van der Waals surface area contributed by atoms with E-state index >= 15 is 0 Å². The predicted octanol–water partition coefficient (Wildman–Crippen LogP) is 5.99. The number of amides is 2. The van der Waals surface area contributed by atoms with Gasteiger partial charge < -0.3 is 15.6 Å². The van der Waals surface area contributed by atoms with Crippen molar-refractivity contribution in [1.82, 2.24) is 4.98 Å². The van der Waals surface area contributed by atoms with E-state index in [-0.39, 0.29) is 17.7 Å². The number of anilines is 2. The van der Waals surface area contributed by atoms with Crippen LogP contribution in [0.3, 0.4) is 0 Å². The zero-order valence-corrected chi connectivity index (χ0v) is 18.2. The van der Waals surface area contributed by atoms with Gasteiger partial charge in [0.15, 0.2) is 0 Å². The molecule has 1 saturated carbocycles. The molecule has 0 spiro atoms. The Hall–Kier alpha value is -3.51. The van der Waals surface area contributed by atoms with Gasteiger partial charge in [0.25, 0.3) is 0 Å². The van der Waals surface area contributed by atoms with E-state index < -0.39 is 5.25 Å². The van der Waals surface area contributed by atoms with Gasteiger partial charge in [-0.1, -0.05) is 42.5 Å². The summed E-state index contributed by atoms with van der Waals surface area (Å²) in [6, 6.07) is 25.3. The van der Waals surface area contributed by atoms with Gasteiger partial charge >= 0.3 is 0 Å². The van der Waals surface area contributed by atoms with Crippen molar-refractivity contribution in [3.05, 3.63) is 90.6 Å². The highest BCUT2D eigenvalue weighted by molar-refractivity contribution is 8.00. The maximum Gasteiger partial charge on any atom is 0.242 e. The summed E-state index contributed by atoms with van der Waals surface area (Å²) in [4.78, 5) is 29.6. The summed E-state index contributed by atoms with van der Waals surface area (Å²) >= 11 is 1.47. The van der Waals surface area contributed by atoms with Gasteiger partial charge in [0, 0.05) is 33.9 Å². The minimum Gasteiger partial charge on any atom is -0.361 e. The first-order valence-electron chi connectivity index (χ1n) is 10.7. The van der Waals surface area contributed by atoms with Crippen LogP contribution in [-0.4, -0.2) is 16.8 Å². The molecular formula is C26H23N3O2S. The molecule has 1 aromatic heterocycles. The van der Waals surface area contributed by atoms with Crippen LogP contribution in [0.2, 0.25) is 0 Å². The molecule has 5 rings (SSSR count). The summed E-state index contributed by atoms with van der Waals surface area (Å²) in [6.45, 7) is 0. The maximum atomic E-state index is 13.3. The summed E-state index contributed by atoms with van der Waals surface area (Å²) < 4.78 is 0. The SMILES string of the molecule is O=C(Nc1cccc(SC(C(=O)Nc2ccc3cc[nH]c3c2)c2ccccc2)c1)C1CC1. The van der Waals surface area contributed by atoms with Gasteiger partial charge in [0.2, 0.25) is 11.8 Å². The van der Waals surface area contributed by atoms with Crippen LogP contribution < -0.4 is 10.6 Å². The number of carbonyl (C=O) groups excluding carboxylic acids is 2. The Morgan fingerprint density at radius 1 is 0.875 bits per heavy atom. The number of aromatic amines is 1. The molecular weight excluding hydrogens is 418 g/mol. The average molecular weight is 442 g/mol. The highest BCUT2D eigenvalue weighted by Gasteiger charge is 2.29. The number of benzene rings is 3. The number of fused-ring (bicyclic) bond motifs is 1. The van der Waals surface area contributed by atoms with Crippen LogP contribution >= 0.6 is 11.8 Å². The first kappa shape index (κ1) is 20.4. The molecule has 4 aromatic rings. The van der Waals surface area contributed by atoms with Crippen LogP contribution in [0.4, 0.5) is 11.4 Å². The third-order valence-corrected chi connectivity index (χ3v) is 6.71. The van der Waals surface area contributed by atoms with Crippen molar-refractivity contribution in [2.45, 2.75) is 23.0 Å². The monoisotopic (exact) mass is 441 g/mol. The molecule has 0 bridgehead atoms. The van der Waals surface area contributed by atoms with Crippen molar-refractivity contribution in [1.29, 1.82) is 0 Å². The molecule has 1 unspecified atom stereocenters. The van der Waals surface area contributed by atoms with Crippen molar-refractivity contribution < 1.29 is 9.59 Å². The van der Waals surface area contributed by atoms with Crippen molar-refractivity contribution in [3.63, 3.8) is 0 Å². The van der Waals surface area contributed by atoms with Gasteiger partial charge in [0.05, 0.1) is 0 Å². The second-order valence-electron chi connectivity index (χ2n) is 7.97. The third-order valence-electron chi connectivity index (χ3n) is 5.47. The molecule has 0 radical (unpaired) electrons. The fourth-order valence-corrected chi connectivity index (χ4v) is 4.69. The van der Waals surface area contributed by atoms with Crippen LogP contribution in [0.1, 0.15) is 23.7 Å². The average Bonchev–Trinajstić information content (AvgIpc) is 3.56. The lowest BCUT2D eigenvalue weighted by Crippen LogP contribution is -2.19. The molecule has 5 nitrogen and oxygen atoms in total. The Morgan fingerprint density at radius 2 is 1.69 bits per heavy atom. The number of thioether (sulfide) groups is 1. The van der Waals surface area contributed by atoms with Gasteiger partial charge in [-0.2, -0.15) is 0 Å². The van der Waals surface area contributed by atoms with Crippen molar-refractivity contribution in [2.75, 3.05) is 10.6 Å². The summed E-state index contributed by atoms with van der Waals surface area (Å²) in [6.07, 6.45) is 3.81. The fraction of sp³-hybridized carbons (Fsp3) is 0.154. The minimum atomic E-state index is -0.440. The molecule has 32 heavy (non-hydrogen) atoms. The predicted molar refractivity (Wildman–Crippen MR) is 130 cm³/mol. The van der Waals surface area contributed by atoms with Gasteiger partial charge in [-0.3, -0.25) is 9.59 Å². The van der Waals surface area contributed by atoms with E-state index in [2.05, 4.69) is 15.6 Å². The molecule has 2 amide bonds. The lowest BCUT2D eigenvalue weighted by Gasteiger charge is -2.18. The quantitative estimate of drug-likeness (QED) is 0.309. The van der Waals surface area contributed by atoms with E-state index in [1.54, 1.807) is 0 Å². The number of rotatable bonds is 7. The first-order chi connectivity index (χ1) is 15.7. The molecule has 1 heterocycles. The lowest BCUT2D eigenvalue weighted by molar-refractivity contribution is -0.117. The normalized spacial score (nSPS) is 14.1. The Morgan fingerprint density at radius 3 is 2.50 bits per heavy atom. The molecule has 3 N–H and O–H groups in total. The topological polar surface area (TPSA) is 74.0 Å². The number of aromatic nitrogens is 1. The molecule has 0 aliphatic heterocycles. The summed E-state index contributed by atoms with van der Waals surface area (Å²) in [5, 5.41) is 6.71. The zero-order valence-electron chi connectivity index (χ0n) is 17.4. The van der Waals surface area contributed by atoms with E-state index in [0.717, 1.165) is 45.6 Å². The van der Waals surface area contributed by atoms with Crippen LogP contribution in [0, 0.1) is 5.92 Å². The molecule has 6 heteroatoms. The maximum absolute atomic E-state index is 13.3. The zero-order chi connectivity index (χ0) is 21.9. The Kier molecular flexibility index (Phi) is 5.69. The highest BCUT2D eigenvalue weighted by atomic mass is 32.2. The molecule has 1 aliphatic carbocycles. The highest BCUT2D eigenvalue weighted by Crippen LogP contribution is 2.38. The van der Waals surface area contributed by atoms with Crippen molar-refractivity contribution in [2.24, 2.45) is 5.92 Å². The Bertz CT molecular complexity index is 1260. The summed E-state index contributed by atoms with van der Waals surface area (Å²) in [7, 11) is 0. The second kappa shape index (κ2) is 8.93. The molecule has 1 aliphatic rings. The van der Waals surface area contributed by atoms with Crippen LogP contribution in [0.25, 0.3) is 10.9 Å². The fourth-order valence-electron chi connectivity index (χ4n) is 3.61. The molecule has 1 fully saturated rings. The summed E-state index contributed by atoms with van der Waals surface area (Å²) in [5.74, 6) is 0.120. The minimum absolute atomic E-state index is 0.0733. The number of nitrogens with one attached hydrogen (secondary N) is 3. The van der Waals surface area contributed by atoms with Crippen LogP contribution in [0.15, 0.2) is 90.0 Å². The van der Waals surface area contributed by atoms with E-state index in [9.17, 15) is 9.59 Å². The largest absolute Gasteiger partial charge is 0.361 e. The molecule has 3 aromatic carbocycles. The van der Waals surface area contributed by atoms with E-state index in [1.807, 2.05) is 85.1 Å². The first-order valence-corrected chi connectivity index (χ1v) is 11.5. The van der Waals surface area contributed by atoms with Crippen LogP contribution in [0.5, 0.6) is 0 Å². The second-order valence-corrected chi connectivity index (χ2v) is 9.15. The summed E-state index contributed by atoms with van der Waals surface area (Å²) in [5.41, 5.74) is 3.41. The number of hydrogen-bond donors (Lipinski definition) is 3. The van der Waals surface area contributed by atoms with Crippen LogP contribution in [-0.2, 0) is 9.59 Å². The van der Waals surface area contributed by atoms with Crippen molar-refractivity contribution >= 4 is 45.9 Å². The lowest BCUT2D eigenvalue weighted by atomic mass is 10.1. The molecule has 160 valence electrons. The van der Waals surface area contributed by atoms with Crippen molar-refractivity contribution in [3.8, 4) is 0 Å². The van der Waals surface area contributed by atoms with Gasteiger partial charge in [-0.25, -0.2) is 0 Å². The number of carbonyl (C=O) groups is 2. The number of hydrogen-bond acceptors (Lipinski definition) is 3.